The van der Waals surface area contributed by atoms with Crippen LogP contribution in [0.5, 0.6) is 11.5 Å². The molecule has 156 valence electrons. The minimum Gasteiger partial charge on any atom is -0.497 e. The Hall–Kier alpha value is -3.06. The maximum absolute atomic E-state index is 13.4. The molecule has 2 heterocycles. The Morgan fingerprint density at radius 1 is 1.17 bits per heavy atom. The molecule has 7 nitrogen and oxygen atoms in total. The zero-order chi connectivity index (χ0) is 21.1. The number of ether oxygens (including phenoxy) is 2. The number of carbonyl (C=O) groups is 1. The number of aromatic nitrogens is 2. The number of benzene rings is 2. The van der Waals surface area contributed by atoms with Crippen molar-refractivity contribution in [3.05, 3.63) is 58.9 Å². The summed E-state index contributed by atoms with van der Waals surface area (Å²) in [5.74, 6) is 1.83. The van der Waals surface area contributed by atoms with Crippen molar-refractivity contribution in [3.63, 3.8) is 0 Å². The van der Waals surface area contributed by atoms with Crippen molar-refractivity contribution >= 4 is 17.5 Å². The Bertz CT molecular complexity index is 1050. The second-order valence-corrected chi connectivity index (χ2v) is 7.48. The summed E-state index contributed by atoms with van der Waals surface area (Å²) in [4.78, 5) is 19.7. The van der Waals surface area contributed by atoms with Gasteiger partial charge in [0.1, 0.15) is 17.5 Å². The van der Waals surface area contributed by atoms with Gasteiger partial charge in [0.25, 0.3) is 5.91 Å². The topological polar surface area (TPSA) is 77.7 Å². The van der Waals surface area contributed by atoms with E-state index in [0.29, 0.717) is 40.3 Å². The molecule has 30 heavy (non-hydrogen) atoms. The Labute approximate surface area is 179 Å². The Morgan fingerprint density at radius 3 is 2.80 bits per heavy atom. The van der Waals surface area contributed by atoms with Gasteiger partial charge in [-0.1, -0.05) is 28.9 Å². The van der Waals surface area contributed by atoms with Crippen molar-refractivity contribution in [1.82, 2.24) is 15.0 Å². The van der Waals surface area contributed by atoms with Gasteiger partial charge in [0.2, 0.25) is 11.7 Å². The summed E-state index contributed by atoms with van der Waals surface area (Å²) in [5, 5.41) is 4.70. The number of methoxy groups -OCH3 is 2. The molecule has 0 bridgehead atoms. The number of piperidine rings is 1. The van der Waals surface area contributed by atoms with Crippen LogP contribution in [0.2, 0.25) is 5.02 Å². The van der Waals surface area contributed by atoms with Crippen LogP contribution < -0.4 is 9.47 Å². The number of amides is 1. The Kier molecular flexibility index (Phi) is 5.90. The number of rotatable bonds is 5. The zero-order valence-corrected chi connectivity index (χ0v) is 17.6. The van der Waals surface area contributed by atoms with Gasteiger partial charge in [-0.25, -0.2) is 0 Å². The molecule has 1 aliphatic rings. The van der Waals surface area contributed by atoms with Gasteiger partial charge in [0.15, 0.2) is 0 Å². The average Bonchev–Trinajstić information content (AvgIpc) is 3.28. The van der Waals surface area contributed by atoms with E-state index in [2.05, 4.69) is 10.1 Å². The van der Waals surface area contributed by atoms with Crippen molar-refractivity contribution in [2.75, 3.05) is 20.8 Å². The van der Waals surface area contributed by atoms with Crippen LogP contribution in [0.1, 0.15) is 41.6 Å². The molecular weight excluding hydrogens is 406 g/mol. The van der Waals surface area contributed by atoms with Gasteiger partial charge in [-0.15, -0.1) is 0 Å². The zero-order valence-electron chi connectivity index (χ0n) is 16.8. The molecule has 0 N–H and O–H groups in total. The summed E-state index contributed by atoms with van der Waals surface area (Å²) >= 11 is 6.07. The number of carbonyl (C=O) groups excluding carboxylic acids is 1. The first-order chi connectivity index (χ1) is 14.6. The first-order valence-electron chi connectivity index (χ1n) is 9.73. The normalized spacial score (nSPS) is 16.4. The summed E-state index contributed by atoms with van der Waals surface area (Å²) in [6.45, 7) is 0.605. The molecule has 1 unspecified atom stereocenters. The minimum absolute atomic E-state index is 0.137. The van der Waals surface area contributed by atoms with E-state index in [1.54, 1.807) is 42.3 Å². The lowest BCUT2D eigenvalue weighted by Gasteiger charge is -2.33. The predicted octanol–water partition coefficient (Wildman–Crippen LogP) is 4.77. The second-order valence-electron chi connectivity index (χ2n) is 7.04. The van der Waals surface area contributed by atoms with Crippen LogP contribution in [-0.2, 0) is 0 Å². The van der Waals surface area contributed by atoms with Crippen molar-refractivity contribution in [1.29, 1.82) is 0 Å². The van der Waals surface area contributed by atoms with Crippen molar-refractivity contribution in [2.24, 2.45) is 0 Å². The fraction of sp³-hybridized carbons (Fsp3) is 0.318. The molecule has 1 atom stereocenters. The van der Waals surface area contributed by atoms with Crippen LogP contribution in [0.15, 0.2) is 47.0 Å². The van der Waals surface area contributed by atoms with E-state index in [-0.39, 0.29) is 11.9 Å². The quantitative estimate of drug-likeness (QED) is 0.583. The molecule has 0 radical (unpaired) electrons. The van der Waals surface area contributed by atoms with Crippen molar-refractivity contribution in [2.45, 2.75) is 25.3 Å². The molecule has 1 amide bonds. The van der Waals surface area contributed by atoms with Gasteiger partial charge in [-0.3, -0.25) is 4.79 Å². The third-order valence-electron chi connectivity index (χ3n) is 5.21. The summed E-state index contributed by atoms with van der Waals surface area (Å²) in [6.07, 6.45) is 2.64. The van der Waals surface area contributed by atoms with Crippen molar-refractivity contribution in [3.8, 4) is 22.9 Å². The third-order valence-corrected chi connectivity index (χ3v) is 5.45. The molecular formula is C22H22ClN3O4. The van der Waals surface area contributed by atoms with Gasteiger partial charge in [-0.05, 0) is 43.5 Å². The predicted molar refractivity (Wildman–Crippen MR) is 112 cm³/mol. The molecule has 1 fully saturated rings. The molecule has 3 aromatic rings. The number of hydrogen-bond acceptors (Lipinski definition) is 6. The fourth-order valence-corrected chi connectivity index (χ4v) is 3.87. The highest BCUT2D eigenvalue weighted by molar-refractivity contribution is 6.30. The van der Waals surface area contributed by atoms with E-state index in [1.165, 1.54) is 7.11 Å². The number of halogens is 1. The van der Waals surface area contributed by atoms with E-state index in [1.807, 2.05) is 12.1 Å². The third kappa shape index (κ3) is 3.98. The van der Waals surface area contributed by atoms with Crippen molar-refractivity contribution < 1.29 is 18.8 Å². The average molecular weight is 428 g/mol. The molecule has 1 aliphatic heterocycles. The maximum atomic E-state index is 13.4. The summed E-state index contributed by atoms with van der Waals surface area (Å²) in [6, 6.07) is 12.1. The van der Waals surface area contributed by atoms with Crippen LogP contribution >= 0.6 is 11.6 Å². The Balaban J connectivity index is 1.63. The van der Waals surface area contributed by atoms with Crippen LogP contribution in [0.25, 0.3) is 11.4 Å². The first-order valence-corrected chi connectivity index (χ1v) is 10.1. The summed E-state index contributed by atoms with van der Waals surface area (Å²) in [5.41, 5.74) is 1.24. The molecule has 4 rings (SSSR count). The molecule has 8 heteroatoms. The number of nitrogens with zero attached hydrogens (tertiary/aromatic N) is 3. The summed E-state index contributed by atoms with van der Waals surface area (Å²) in [7, 11) is 3.11. The van der Waals surface area contributed by atoms with Gasteiger partial charge in [-0.2, -0.15) is 4.98 Å². The molecule has 0 aliphatic carbocycles. The van der Waals surface area contributed by atoms with Gasteiger partial charge >= 0.3 is 0 Å². The highest BCUT2D eigenvalue weighted by Crippen LogP contribution is 2.34. The standard InChI is InChI=1S/C22H22ClN3O4/c1-28-16-9-10-17(19(13-16)29-2)22(27)26-11-4-3-8-18(26)21-24-20(25-30-21)14-6-5-7-15(23)12-14/h5-7,9-10,12-13,18H,3-4,8,11H2,1-2H3. The van der Waals surface area contributed by atoms with E-state index in [4.69, 9.17) is 25.6 Å². The number of hydrogen-bond donors (Lipinski definition) is 0. The largest absolute Gasteiger partial charge is 0.497 e. The van der Waals surface area contributed by atoms with Crippen LogP contribution in [0, 0.1) is 0 Å². The molecule has 2 aromatic carbocycles. The fourth-order valence-electron chi connectivity index (χ4n) is 3.68. The number of likely N-dealkylation sites (tertiary alicyclic amines) is 1. The van der Waals surface area contributed by atoms with Gasteiger partial charge in [0, 0.05) is 23.2 Å². The lowest BCUT2D eigenvalue weighted by molar-refractivity contribution is 0.0558. The smallest absolute Gasteiger partial charge is 0.258 e. The lowest BCUT2D eigenvalue weighted by atomic mass is 10.00. The van der Waals surface area contributed by atoms with Crippen LogP contribution in [-0.4, -0.2) is 41.7 Å². The van der Waals surface area contributed by atoms with Crippen LogP contribution in [0.4, 0.5) is 0 Å². The highest BCUT2D eigenvalue weighted by Gasteiger charge is 2.34. The lowest BCUT2D eigenvalue weighted by Crippen LogP contribution is -2.38. The van der Waals surface area contributed by atoms with E-state index in [0.717, 1.165) is 24.8 Å². The van der Waals surface area contributed by atoms with Gasteiger partial charge < -0.3 is 18.9 Å². The highest BCUT2D eigenvalue weighted by atomic mass is 35.5. The minimum atomic E-state index is -0.293. The van der Waals surface area contributed by atoms with E-state index in [9.17, 15) is 4.79 Å². The molecule has 0 saturated carbocycles. The molecule has 0 spiro atoms. The van der Waals surface area contributed by atoms with E-state index >= 15 is 0 Å². The van der Waals surface area contributed by atoms with Crippen LogP contribution in [0.3, 0.4) is 0 Å². The molecule has 1 aromatic heterocycles. The summed E-state index contributed by atoms with van der Waals surface area (Å²) < 4.78 is 16.2. The SMILES string of the molecule is COc1ccc(C(=O)N2CCCCC2c2nc(-c3cccc(Cl)c3)no2)c(OC)c1. The van der Waals surface area contributed by atoms with E-state index < -0.39 is 0 Å². The van der Waals surface area contributed by atoms with Gasteiger partial charge in [0.05, 0.1) is 19.8 Å². The second kappa shape index (κ2) is 8.75. The Morgan fingerprint density at radius 2 is 2.03 bits per heavy atom. The maximum Gasteiger partial charge on any atom is 0.258 e. The molecule has 1 saturated heterocycles. The monoisotopic (exact) mass is 427 g/mol. The first kappa shape index (κ1) is 20.2.